The van der Waals surface area contributed by atoms with E-state index < -0.39 is 10.1 Å². The summed E-state index contributed by atoms with van der Waals surface area (Å²) in [7, 11) is -3.71. The Morgan fingerprint density at radius 1 is 0.576 bits per heavy atom. The number of unbranched alkanes of at least 4 members (excludes halogenated alkanes) is 13. The maximum Gasteiger partial charge on any atom is 0.297 e. The van der Waals surface area contributed by atoms with E-state index in [1.54, 1.807) is 24.3 Å². The second-order valence-corrected chi connectivity index (χ2v) is 10.5. The van der Waals surface area contributed by atoms with E-state index >= 15 is 0 Å². The highest BCUT2D eigenvalue weighted by Crippen LogP contribution is 2.14. The average Bonchev–Trinajstić information content (AvgIpc) is 2.80. The molecule has 33 heavy (non-hydrogen) atoms. The molecular weight excluding hydrogens is 436 g/mol. The standard InChI is InChI=1S/C27H48O5S/c1-3-4-5-6-7-8-9-10-11-12-13-14-15-16-21-30-22-23-31-24-25-32-33(28,29)27-19-17-26(2)18-20-27/h17-20H,3-16,21-25H2,1-2H3. The Morgan fingerprint density at radius 3 is 1.52 bits per heavy atom. The van der Waals surface area contributed by atoms with Crippen molar-refractivity contribution in [3.05, 3.63) is 29.8 Å². The van der Waals surface area contributed by atoms with Gasteiger partial charge in [-0.3, -0.25) is 4.18 Å². The minimum atomic E-state index is -3.71. The molecule has 0 atom stereocenters. The minimum absolute atomic E-state index is 0.00910. The third kappa shape index (κ3) is 17.2. The Bertz CT molecular complexity index is 658. The van der Waals surface area contributed by atoms with Crippen molar-refractivity contribution in [3.63, 3.8) is 0 Å². The quantitative estimate of drug-likeness (QED) is 0.121. The topological polar surface area (TPSA) is 61.8 Å². The molecule has 1 rings (SSSR count). The molecule has 6 heteroatoms. The molecule has 0 aliphatic carbocycles. The first-order valence-corrected chi connectivity index (χ1v) is 14.6. The van der Waals surface area contributed by atoms with Crippen LogP contribution in [0.3, 0.4) is 0 Å². The molecule has 0 amide bonds. The maximum absolute atomic E-state index is 12.0. The van der Waals surface area contributed by atoms with E-state index in [2.05, 4.69) is 6.92 Å². The van der Waals surface area contributed by atoms with Gasteiger partial charge >= 0.3 is 0 Å². The molecule has 0 fully saturated rings. The molecule has 1 aromatic rings. The second kappa shape index (κ2) is 20.4. The fourth-order valence-electron chi connectivity index (χ4n) is 3.70. The van der Waals surface area contributed by atoms with Gasteiger partial charge in [0.15, 0.2) is 0 Å². The van der Waals surface area contributed by atoms with Gasteiger partial charge in [0, 0.05) is 6.61 Å². The van der Waals surface area contributed by atoms with E-state index in [-0.39, 0.29) is 18.1 Å². The molecule has 0 aliphatic heterocycles. The summed E-state index contributed by atoms with van der Waals surface area (Å²) in [5.41, 5.74) is 1.01. The zero-order valence-corrected chi connectivity index (χ0v) is 22.0. The normalized spacial score (nSPS) is 11.8. The van der Waals surface area contributed by atoms with E-state index in [0.29, 0.717) is 13.2 Å². The lowest BCUT2D eigenvalue weighted by atomic mass is 10.0. The van der Waals surface area contributed by atoms with E-state index in [9.17, 15) is 8.42 Å². The second-order valence-electron chi connectivity index (χ2n) is 8.91. The fourth-order valence-corrected chi connectivity index (χ4v) is 4.59. The first-order valence-electron chi connectivity index (χ1n) is 13.2. The van der Waals surface area contributed by atoms with Crippen molar-refractivity contribution in [1.29, 1.82) is 0 Å². The van der Waals surface area contributed by atoms with Crippen LogP contribution in [-0.4, -0.2) is 41.5 Å². The van der Waals surface area contributed by atoms with Crippen LogP contribution in [-0.2, 0) is 23.8 Å². The predicted octanol–water partition coefficient (Wildman–Crippen LogP) is 7.21. The third-order valence-corrected chi connectivity index (χ3v) is 7.12. The van der Waals surface area contributed by atoms with Crippen LogP contribution in [0.5, 0.6) is 0 Å². The number of hydrogen-bond acceptors (Lipinski definition) is 5. The van der Waals surface area contributed by atoms with E-state index in [1.807, 2.05) is 6.92 Å². The summed E-state index contributed by atoms with van der Waals surface area (Å²) in [4.78, 5) is 0.171. The Balaban J connectivity index is 1.79. The summed E-state index contributed by atoms with van der Waals surface area (Å²) in [6.07, 6.45) is 19.0. The Kier molecular flexibility index (Phi) is 18.6. The Labute approximate surface area is 203 Å². The van der Waals surface area contributed by atoms with Gasteiger partial charge in [0.1, 0.15) is 0 Å². The lowest BCUT2D eigenvalue weighted by molar-refractivity contribution is 0.0359. The first-order chi connectivity index (χ1) is 16.1. The molecule has 0 heterocycles. The summed E-state index contributed by atoms with van der Waals surface area (Å²) in [5.74, 6) is 0. The zero-order chi connectivity index (χ0) is 24.0. The largest absolute Gasteiger partial charge is 0.379 e. The van der Waals surface area contributed by atoms with Gasteiger partial charge in [-0.1, -0.05) is 108 Å². The van der Waals surface area contributed by atoms with Gasteiger partial charge in [-0.25, -0.2) is 0 Å². The molecular formula is C27H48O5S. The van der Waals surface area contributed by atoms with Gasteiger partial charge in [-0.05, 0) is 25.5 Å². The van der Waals surface area contributed by atoms with Gasteiger partial charge in [0.25, 0.3) is 10.1 Å². The van der Waals surface area contributed by atoms with Crippen LogP contribution < -0.4 is 0 Å². The van der Waals surface area contributed by atoms with Crippen molar-refractivity contribution in [2.24, 2.45) is 0 Å². The Morgan fingerprint density at radius 2 is 1.00 bits per heavy atom. The van der Waals surface area contributed by atoms with Crippen LogP contribution in [0.1, 0.15) is 102 Å². The minimum Gasteiger partial charge on any atom is -0.379 e. The molecule has 1 aromatic carbocycles. The van der Waals surface area contributed by atoms with Gasteiger partial charge in [-0.15, -0.1) is 0 Å². The van der Waals surface area contributed by atoms with Crippen LogP contribution in [0, 0.1) is 6.92 Å². The van der Waals surface area contributed by atoms with Crippen molar-refractivity contribution in [1.82, 2.24) is 0 Å². The number of rotatable bonds is 23. The van der Waals surface area contributed by atoms with Crippen molar-refractivity contribution < 1.29 is 22.1 Å². The summed E-state index contributed by atoms with van der Waals surface area (Å²) in [5, 5.41) is 0. The van der Waals surface area contributed by atoms with Crippen LogP contribution >= 0.6 is 0 Å². The molecule has 192 valence electrons. The molecule has 0 saturated heterocycles. The zero-order valence-electron chi connectivity index (χ0n) is 21.2. The van der Waals surface area contributed by atoms with Crippen LogP contribution in [0.2, 0.25) is 0 Å². The predicted molar refractivity (Wildman–Crippen MR) is 136 cm³/mol. The molecule has 0 aliphatic rings. The van der Waals surface area contributed by atoms with Crippen LogP contribution in [0.25, 0.3) is 0 Å². The molecule has 0 unspecified atom stereocenters. The molecule has 0 spiro atoms. The molecule has 0 radical (unpaired) electrons. The number of ether oxygens (including phenoxy) is 2. The lowest BCUT2D eigenvalue weighted by Gasteiger charge is -2.08. The van der Waals surface area contributed by atoms with E-state index in [0.717, 1.165) is 18.6 Å². The third-order valence-electron chi connectivity index (χ3n) is 5.79. The first kappa shape index (κ1) is 30.1. The summed E-state index contributed by atoms with van der Waals surface area (Å²) >= 11 is 0. The highest BCUT2D eigenvalue weighted by Gasteiger charge is 2.14. The van der Waals surface area contributed by atoms with Crippen molar-refractivity contribution in [2.45, 2.75) is 109 Å². The molecule has 0 saturated carbocycles. The van der Waals surface area contributed by atoms with Crippen molar-refractivity contribution in [2.75, 3.05) is 33.0 Å². The van der Waals surface area contributed by atoms with Gasteiger partial charge < -0.3 is 9.47 Å². The van der Waals surface area contributed by atoms with Gasteiger partial charge in [0.2, 0.25) is 0 Å². The molecule has 5 nitrogen and oxygen atoms in total. The van der Waals surface area contributed by atoms with E-state index in [1.165, 1.54) is 83.5 Å². The fraction of sp³-hybridized carbons (Fsp3) is 0.778. The smallest absolute Gasteiger partial charge is 0.297 e. The number of hydrogen-bond donors (Lipinski definition) is 0. The van der Waals surface area contributed by atoms with E-state index in [4.69, 9.17) is 13.7 Å². The summed E-state index contributed by atoms with van der Waals surface area (Å²) in [6.45, 7) is 6.17. The lowest BCUT2D eigenvalue weighted by Crippen LogP contribution is -2.13. The van der Waals surface area contributed by atoms with Crippen molar-refractivity contribution >= 4 is 10.1 Å². The molecule has 0 aromatic heterocycles. The van der Waals surface area contributed by atoms with Crippen LogP contribution in [0.4, 0.5) is 0 Å². The van der Waals surface area contributed by atoms with Gasteiger partial charge in [0.05, 0.1) is 31.3 Å². The number of benzene rings is 1. The summed E-state index contributed by atoms with van der Waals surface area (Å²) < 4.78 is 40.1. The Hall–Kier alpha value is -0.950. The summed E-state index contributed by atoms with van der Waals surface area (Å²) in [6, 6.07) is 6.61. The highest BCUT2D eigenvalue weighted by molar-refractivity contribution is 7.86. The molecule has 0 bridgehead atoms. The monoisotopic (exact) mass is 484 g/mol. The average molecular weight is 485 g/mol. The number of aryl methyl sites for hydroxylation is 1. The SMILES string of the molecule is CCCCCCCCCCCCCCCCOCCOCCOS(=O)(=O)c1ccc(C)cc1. The van der Waals surface area contributed by atoms with Gasteiger partial charge in [-0.2, -0.15) is 8.42 Å². The van der Waals surface area contributed by atoms with Crippen molar-refractivity contribution in [3.8, 4) is 0 Å². The highest BCUT2D eigenvalue weighted by atomic mass is 32.2. The molecule has 0 N–H and O–H groups in total. The maximum atomic E-state index is 12.0. The van der Waals surface area contributed by atoms with Crippen LogP contribution in [0.15, 0.2) is 29.2 Å².